The molecule has 0 aliphatic carbocycles. The minimum atomic E-state index is 0.366. The van der Waals surface area contributed by atoms with E-state index in [2.05, 4.69) is 30.3 Å². The monoisotopic (exact) mass is 290 g/mol. The van der Waals surface area contributed by atoms with E-state index in [1.807, 2.05) is 6.92 Å². The topological polar surface area (TPSA) is 89.2 Å². The number of piperidine rings is 1. The second-order valence-electron chi connectivity index (χ2n) is 4.98. The zero-order chi connectivity index (χ0) is 14.7. The Hall–Kier alpha value is -2.38. The molecule has 0 spiro atoms. The van der Waals surface area contributed by atoms with Crippen LogP contribution in [-0.2, 0) is 0 Å². The van der Waals surface area contributed by atoms with Gasteiger partial charge in [0.15, 0.2) is 5.82 Å². The van der Waals surface area contributed by atoms with Gasteiger partial charge in [0, 0.05) is 25.2 Å². The summed E-state index contributed by atoms with van der Waals surface area (Å²) in [5, 5.41) is 7.23. The molecule has 2 aromatic heterocycles. The van der Waals surface area contributed by atoms with Crippen molar-refractivity contribution in [2.75, 3.05) is 30.4 Å². The number of hydrogen-bond acceptors (Lipinski definition) is 8. The smallest absolute Gasteiger partial charge is 0.324 e. The first kappa shape index (κ1) is 13.6. The Balaban J connectivity index is 1.56. The molecule has 21 heavy (non-hydrogen) atoms. The highest BCUT2D eigenvalue weighted by Crippen LogP contribution is 2.20. The molecular weight excluding hydrogens is 272 g/mol. The maximum Gasteiger partial charge on any atom is 0.324 e. The van der Waals surface area contributed by atoms with Crippen LogP contribution in [0.2, 0.25) is 0 Å². The number of anilines is 2. The first-order valence-electron chi connectivity index (χ1n) is 6.92. The average Bonchev–Trinajstić information content (AvgIpc) is 2.95. The van der Waals surface area contributed by atoms with Crippen LogP contribution in [0.1, 0.15) is 18.7 Å². The van der Waals surface area contributed by atoms with E-state index in [-0.39, 0.29) is 0 Å². The average molecular weight is 290 g/mol. The fourth-order valence-corrected chi connectivity index (χ4v) is 2.37. The summed E-state index contributed by atoms with van der Waals surface area (Å²) in [5.41, 5.74) is 0. The summed E-state index contributed by atoms with van der Waals surface area (Å²) >= 11 is 0. The fourth-order valence-electron chi connectivity index (χ4n) is 2.37. The molecular formula is C13H18N6O2. The molecule has 0 saturated carbocycles. The van der Waals surface area contributed by atoms with Crippen molar-refractivity contribution >= 4 is 11.8 Å². The van der Waals surface area contributed by atoms with Gasteiger partial charge in [0.2, 0.25) is 5.88 Å². The lowest BCUT2D eigenvalue weighted by Crippen LogP contribution is -2.39. The molecule has 1 saturated heterocycles. The van der Waals surface area contributed by atoms with Crippen LogP contribution in [0.3, 0.4) is 0 Å². The summed E-state index contributed by atoms with van der Waals surface area (Å²) in [7, 11) is 1.59. The summed E-state index contributed by atoms with van der Waals surface area (Å²) < 4.78 is 10.3. The van der Waals surface area contributed by atoms with E-state index in [9.17, 15) is 0 Å². The standard InChI is InChI=1S/C13H18N6O2/c1-9-16-13(21-18-9)19-5-3-10(4-6-19)17-11-7-12(20-2)15-8-14-11/h7-8,10H,3-6H2,1-2H3,(H,14,15,17). The Morgan fingerprint density at radius 3 is 2.81 bits per heavy atom. The van der Waals surface area contributed by atoms with Crippen molar-refractivity contribution in [3.63, 3.8) is 0 Å². The first-order valence-corrected chi connectivity index (χ1v) is 6.92. The van der Waals surface area contributed by atoms with Gasteiger partial charge in [-0.3, -0.25) is 0 Å². The molecule has 0 bridgehead atoms. The predicted octanol–water partition coefficient (Wildman–Crippen LogP) is 1.26. The Labute approximate surface area is 122 Å². The lowest BCUT2D eigenvalue weighted by Gasteiger charge is -2.31. The van der Waals surface area contributed by atoms with E-state index in [1.54, 1.807) is 13.2 Å². The summed E-state index contributed by atoms with van der Waals surface area (Å²) in [6, 6.07) is 2.77. The lowest BCUT2D eigenvalue weighted by atomic mass is 10.1. The van der Waals surface area contributed by atoms with Crippen molar-refractivity contribution in [2.24, 2.45) is 0 Å². The Kier molecular flexibility index (Phi) is 3.85. The lowest BCUT2D eigenvalue weighted by molar-refractivity contribution is 0.393. The molecule has 0 aromatic carbocycles. The minimum absolute atomic E-state index is 0.366. The highest BCUT2D eigenvalue weighted by molar-refractivity contribution is 5.39. The van der Waals surface area contributed by atoms with Gasteiger partial charge in [0.1, 0.15) is 12.1 Å². The van der Waals surface area contributed by atoms with Crippen LogP contribution < -0.4 is 15.0 Å². The predicted molar refractivity (Wildman–Crippen MR) is 76.5 cm³/mol. The van der Waals surface area contributed by atoms with E-state index in [0.29, 0.717) is 23.8 Å². The molecule has 0 amide bonds. The molecule has 0 atom stereocenters. The van der Waals surface area contributed by atoms with Crippen molar-refractivity contribution in [3.8, 4) is 5.88 Å². The van der Waals surface area contributed by atoms with Crippen LogP contribution in [0.5, 0.6) is 5.88 Å². The van der Waals surface area contributed by atoms with Crippen LogP contribution in [0.4, 0.5) is 11.8 Å². The van der Waals surface area contributed by atoms with Gasteiger partial charge in [-0.25, -0.2) is 9.97 Å². The summed E-state index contributed by atoms with van der Waals surface area (Å²) in [5.74, 6) is 2.01. The van der Waals surface area contributed by atoms with Gasteiger partial charge in [0.05, 0.1) is 7.11 Å². The number of nitrogens with one attached hydrogen (secondary N) is 1. The molecule has 1 aliphatic rings. The number of ether oxygens (including phenoxy) is 1. The van der Waals surface area contributed by atoms with E-state index in [1.165, 1.54) is 6.33 Å². The quantitative estimate of drug-likeness (QED) is 0.900. The highest BCUT2D eigenvalue weighted by Gasteiger charge is 2.22. The number of hydrogen-bond donors (Lipinski definition) is 1. The Bertz CT molecular complexity index is 594. The van der Waals surface area contributed by atoms with Crippen molar-refractivity contribution in [1.82, 2.24) is 20.1 Å². The van der Waals surface area contributed by atoms with E-state index in [4.69, 9.17) is 9.26 Å². The molecule has 2 aromatic rings. The number of methoxy groups -OCH3 is 1. The number of rotatable bonds is 4. The molecule has 8 nitrogen and oxygen atoms in total. The van der Waals surface area contributed by atoms with Gasteiger partial charge in [-0.15, -0.1) is 0 Å². The molecule has 8 heteroatoms. The van der Waals surface area contributed by atoms with Crippen LogP contribution in [0, 0.1) is 6.92 Å². The second-order valence-corrected chi connectivity index (χ2v) is 4.98. The number of aromatic nitrogens is 4. The molecule has 1 aliphatic heterocycles. The molecule has 1 fully saturated rings. The summed E-state index contributed by atoms with van der Waals surface area (Å²) in [6.45, 7) is 3.58. The molecule has 0 radical (unpaired) electrons. The van der Waals surface area contributed by atoms with Gasteiger partial charge in [0.25, 0.3) is 0 Å². The zero-order valence-electron chi connectivity index (χ0n) is 12.1. The van der Waals surface area contributed by atoms with Crippen molar-refractivity contribution < 1.29 is 9.26 Å². The zero-order valence-corrected chi connectivity index (χ0v) is 12.1. The Morgan fingerprint density at radius 1 is 1.33 bits per heavy atom. The third kappa shape index (κ3) is 3.21. The Morgan fingerprint density at radius 2 is 2.14 bits per heavy atom. The molecule has 0 unspecified atom stereocenters. The van der Waals surface area contributed by atoms with E-state index < -0.39 is 0 Å². The molecule has 3 heterocycles. The molecule has 3 rings (SSSR count). The van der Waals surface area contributed by atoms with Gasteiger partial charge < -0.3 is 19.5 Å². The fraction of sp³-hybridized carbons (Fsp3) is 0.538. The van der Waals surface area contributed by atoms with Crippen LogP contribution >= 0.6 is 0 Å². The van der Waals surface area contributed by atoms with Crippen LogP contribution in [0.15, 0.2) is 16.9 Å². The van der Waals surface area contributed by atoms with Gasteiger partial charge in [-0.05, 0) is 19.8 Å². The third-order valence-electron chi connectivity index (χ3n) is 3.49. The van der Waals surface area contributed by atoms with Gasteiger partial charge in [-0.1, -0.05) is 5.16 Å². The molecule has 1 N–H and O–H groups in total. The normalized spacial score (nSPS) is 16.0. The molecule has 112 valence electrons. The van der Waals surface area contributed by atoms with Crippen molar-refractivity contribution in [2.45, 2.75) is 25.8 Å². The summed E-state index contributed by atoms with van der Waals surface area (Å²) in [6.07, 6.45) is 3.46. The van der Waals surface area contributed by atoms with Gasteiger partial charge >= 0.3 is 6.01 Å². The maximum atomic E-state index is 5.19. The van der Waals surface area contributed by atoms with Crippen molar-refractivity contribution in [1.29, 1.82) is 0 Å². The van der Waals surface area contributed by atoms with Crippen LogP contribution in [-0.4, -0.2) is 46.3 Å². The highest BCUT2D eigenvalue weighted by atomic mass is 16.5. The largest absolute Gasteiger partial charge is 0.481 e. The number of aryl methyl sites for hydroxylation is 1. The maximum absolute atomic E-state index is 5.19. The first-order chi connectivity index (χ1) is 10.2. The summed E-state index contributed by atoms with van der Waals surface area (Å²) in [4.78, 5) is 14.6. The number of nitrogens with zero attached hydrogens (tertiary/aromatic N) is 5. The SMILES string of the molecule is COc1cc(NC2CCN(c3nc(C)no3)CC2)ncn1. The van der Waals surface area contributed by atoms with Crippen molar-refractivity contribution in [3.05, 3.63) is 18.2 Å². The van der Waals surface area contributed by atoms with Gasteiger partial charge in [-0.2, -0.15) is 4.98 Å². The van der Waals surface area contributed by atoms with E-state index in [0.717, 1.165) is 31.7 Å². The van der Waals surface area contributed by atoms with E-state index >= 15 is 0 Å². The third-order valence-corrected chi connectivity index (χ3v) is 3.49. The minimum Gasteiger partial charge on any atom is -0.481 e. The van der Waals surface area contributed by atoms with Crippen LogP contribution in [0.25, 0.3) is 0 Å². The second kappa shape index (κ2) is 5.94.